The van der Waals surface area contributed by atoms with Gasteiger partial charge in [-0.05, 0) is 67.8 Å². The fourth-order valence-corrected chi connectivity index (χ4v) is 5.30. The summed E-state index contributed by atoms with van der Waals surface area (Å²) in [6.45, 7) is 6.68. The summed E-state index contributed by atoms with van der Waals surface area (Å²) in [7, 11) is -1.24. The summed E-state index contributed by atoms with van der Waals surface area (Å²) < 4.78 is 13.2. The van der Waals surface area contributed by atoms with Crippen LogP contribution in [-0.2, 0) is 17.3 Å². The van der Waals surface area contributed by atoms with Crippen LogP contribution in [0.3, 0.4) is 0 Å². The fraction of sp³-hybridized carbons (Fsp3) is 0.240. The van der Waals surface area contributed by atoms with Crippen molar-refractivity contribution in [2.75, 3.05) is 18.0 Å². The second-order valence-corrected chi connectivity index (χ2v) is 9.00. The van der Waals surface area contributed by atoms with Gasteiger partial charge in [-0.2, -0.15) is 5.26 Å². The molecule has 0 saturated carbocycles. The summed E-state index contributed by atoms with van der Waals surface area (Å²) in [4.78, 5) is 3.88. The second kappa shape index (κ2) is 8.83. The van der Waals surface area contributed by atoms with E-state index in [1.54, 1.807) is 6.07 Å². The van der Waals surface area contributed by atoms with Gasteiger partial charge in [0, 0.05) is 13.1 Å². The molecule has 0 fully saturated rings. The van der Waals surface area contributed by atoms with Crippen LogP contribution in [0.4, 0.5) is 11.4 Å². The lowest BCUT2D eigenvalue weighted by Gasteiger charge is -2.34. The van der Waals surface area contributed by atoms with Gasteiger partial charge in [-0.15, -0.1) is 0 Å². The van der Waals surface area contributed by atoms with Gasteiger partial charge in [0.05, 0.1) is 43.6 Å². The summed E-state index contributed by atoms with van der Waals surface area (Å²) in [5.41, 5.74) is 6.10. The number of nitriles is 1. The molecule has 0 saturated heterocycles. The molecule has 0 spiro atoms. The molecule has 0 amide bonds. The van der Waals surface area contributed by atoms with E-state index in [-0.39, 0.29) is 0 Å². The van der Waals surface area contributed by atoms with E-state index in [9.17, 15) is 9.47 Å². The molecule has 1 unspecified atom stereocenters. The maximum Gasteiger partial charge on any atom is 0.0992 e. The average molecular weight is 416 g/mol. The molecule has 0 aromatic heterocycles. The number of nitrogens with zero attached hydrogens (tertiary/aromatic N) is 2. The average Bonchev–Trinajstić information content (AvgIpc) is 2.78. The molecule has 4 rings (SSSR count). The number of hydrogen-bond acceptors (Lipinski definition) is 4. The molecule has 4 nitrogen and oxygen atoms in total. The van der Waals surface area contributed by atoms with Gasteiger partial charge in [-0.25, -0.2) is 4.21 Å². The van der Waals surface area contributed by atoms with Gasteiger partial charge in [0.2, 0.25) is 0 Å². The molecule has 30 heavy (non-hydrogen) atoms. The predicted molar refractivity (Wildman–Crippen MR) is 122 cm³/mol. The zero-order valence-electron chi connectivity index (χ0n) is 17.3. The Morgan fingerprint density at radius 1 is 1.03 bits per heavy atom. The van der Waals surface area contributed by atoms with Crippen molar-refractivity contribution in [3.05, 3.63) is 82.9 Å². The first-order chi connectivity index (χ1) is 14.6. The first kappa shape index (κ1) is 20.3. The highest BCUT2D eigenvalue weighted by Crippen LogP contribution is 2.44. The van der Waals surface area contributed by atoms with Gasteiger partial charge in [0.25, 0.3) is 0 Å². The van der Waals surface area contributed by atoms with Gasteiger partial charge in [-0.3, -0.25) is 0 Å². The van der Waals surface area contributed by atoms with Gasteiger partial charge in [0.1, 0.15) is 0 Å². The van der Waals surface area contributed by atoms with Crippen LogP contribution >= 0.6 is 0 Å². The molecule has 0 radical (unpaired) electrons. The highest BCUT2D eigenvalue weighted by atomic mass is 32.2. The lowest BCUT2D eigenvalue weighted by Crippen LogP contribution is -2.28. The van der Waals surface area contributed by atoms with Crippen molar-refractivity contribution in [3.63, 3.8) is 0 Å². The van der Waals surface area contributed by atoms with Gasteiger partial charge >= 0.3 is 0 Å². The molecular formula is C25H25N3OS. The first-order valence-electron chi connectivity index (χ1n) is 10.2. The van der Waals surface area contributed by atoms with E-state index in [1.165, 1.54) is 11.1 Å². The summed E-state index contributed by atoms with van der Waals surface area (Å²) in [5.74, 6) is 0. The van der Waals surface area contributed by atoms with E-state index in [4.69, 9.17) is 0 Å². The molecule has 5 heteroatoms. The largest absolute Gasteiger partial charge is 0.339 e. The van der Waals surface area contributed by atoms with Crippen molar-refractivity contribution < 1.29 is 4.21 Å². The minimum absolute atomic E-state index is 0.590. The highest BCUT2D eigenvalue weighted by molar-refractivity contribution is 7.85. The monoisotopic (exact) mass is 415 g/mol. The normalized spacial score (nSPS) is 14.7. The standard InChI is InChI=1S/C25H25N3OS/c1-18-9-11-24-25(19(18)2)28(14-6-13-27-17-20-7-4-3-5-8-20)22-15-21(16-26)10-12-23(22)30(24)29/h3-5,7-12,15,27H,6,13-14,17H2,1-2H3. The summed E-state index contributed by atoms with van der Waals surface area (Å²) in [5, 5.41) is 12.9. The smallest absolute Gasteiger partial charge is 0.0992 e. The van der Waals surface area contributed by atoms with Gasteiger partial charge in [0.15, 0.2) is 0 Å². The van der Waals surface area contributed by atoms with E-state index < -0.39 is 10.8 Å². The maximum atomic E-state index is 13.2. The lowest BCUT2D eigenvalue weighted by molar-refractivity contribution is 0.646. The van der Waals surface area contributed by atoms with Crippen LogP contribution in [0.5, 0.6) is 0 Å². The number of anilines is 2. The molecule has 3 aromatic carbocycles. The molecule has 152 valence electrons. The molecule has 1 atom stereocenters. The van der Waals surface area contributed by atoms with Gasteiger partial charge < -0.3 is 10.2 Å². The van der Waals surface area contributed by atoms with Crippen molar-refractivity contribution in [3.8, 4) is 6.07 Å². The number of fused-ring (bicyclic) bond motifs is 2. The molecular weight excluding hydrogens is 390 g/mol. The Kier molecular flexibility index (Phi) is 5.98. The Balaban J connectivity index is 1.58. The van der Waals surface area contributed by atoms with Crippen molar-refractivity contribution >= 4 is 22.2 Å². The molecule has 1 heterocycles. The molecule has 0 aliphatic carbocycles. The molecule has 0 bridgehead atoms. The molecule has 1 aliphatic heterocycles. The lowest BCUT2D eigenvalue weighted by atomic mass is 10.1. The van der Waals surface area contributed by atoms with E-state index in [1.807, 2.05) is 30.3 Å². The van der Waals surface area contributed by atoms with Crippen molar-refractivity contribution in [1.29, 1.82) is 5.26 Å². The van der Waals surface area contributed by atoms with Crippen LogP contribution in [0.1, 0.15) is 28.7 Å². The Morgan fingerprint density at radius 2 is 1.80 bits per heavy atom. The third-order valence-corrected chi connectivity index (χ3v) is 7.09. The second-order valence-electron chi connectivity index (χ2n) is 7.58. The van der Waals surface area contributed by atoms with Crippen molar-refractivity contribution in [1.82, 2.24) is 5.32 Å². The first-order valence-corrected chi connectivity index (χ1v) is 11.3. The van der Waals surface area contributed by atoms with Crippen molar-refractivity contribution in [2.24, 2.45) is 0 Å². The number of hydrogen-bond donors (Lipinski definition) is 1. The summed E-state index contributed by atoms with van der Waals surface area (Å²) >= 11 is 0. The number of rotatable bonds is 6. The molecule has 1 N–H and O–H groups in total. The predicted octanol–water partition coefficient (Wildman–Crippen LogP) is 4.97. The Morgan fingerprint density at radius 3 is 2.57 bits per heavy atom. The molecule has 3 aromatic rings. The Bertz CT molecular complexity index is 1140. The topological polar surface area (TPSA) is 56.1 Å². The van der Waals surface area contributed by atoms with E-state index in [2.05, 4.69) is 54.4 Å². The number of benzene rings is 3. The van der Waals surface area contributed by atoms with E-state index in [0.29, 0.717) is 5.56 Å². The van der Waals surface area contributed by atoms with Crippen LogP contribution in [-0.4, -0.2) is 17.3 Å². The zero-order valence-corrected chi connectivity index (χ0v) is 18.1. The van der Waals surface area contributed by atoms with Crippen LogP contribution in [0.2, 0.25) is 0 Å². The highest BCUT2D eigenvalue weighted by Gasteiger charge is 2.30. The Labute approximate surface area is 180 Å². The van der Waals surface area contributed by atoms with Crippen LogP contribution in [0.25, 0.3) is 0 Å². The number of nitrogens with one attached hydrogen (secondary N) is 1. The summed E-state index contributed by atoms with van der Waals surface area (Å²) in [6, 6.07) is 22.1. The minimum Gasteiger partial charge on any atom is -0.339 e. The Hall–Kier alpha value is -2.94. The SMILES string of the molecule is Cc1ccc2c(c1C)N(CCCNCc1ccccc1)c1cc(C#N)ccc1S2=O. The van der Waals surface area contributed by atoms with E-state index >= 15 is 0 Å². The van der Waals surface area contributed by atoms with E-state index in [0.717, 1.165) is 52.8 Å². The zero-order chi connectivity index (χ0) is 21.1. The quantitative estimate of drug-likeness (QED) is 0.577. The number of aryl methyl sites for hydroxylation is 1. The minimum atomic E-state index is -1.24. The van der Waals surface area contributed by atoms with Crippen LogP contribution < -0.4 is 10.2 Å². The third kappa shape index (κ3) is 3.89. The summed E-state index contributed by atoms with van der Waals surface area (Å²) in [6.07, 6.45) is 0.933. The van der Waals surface area contributed by atoms with Gasteiger partial charge in [-0.1, -0.05) is 36.4 Å². The molecule has 1 aliphatic rings. The van der Waals surface area contributed by atoms with Crippen LogP contribution in [0, 0.1) is 25.2 Å². The van der Waals surface area contributed by atoms with Crippen molar-refractivity contribution in [2.45, 2.75) is 36.6 Å². The maximum absolute atomic E-state index is 13.2. The third-order valence-electron chi connectivity index (χ3n) is 5.62. The fourth-order valence-electron chi connectivity index (χ4n) is 3.88. The van der Waals surface area contributed by atoms with Crippen LogP contribution in [0.15, 0.2) is 70.5 Å².